The highest BCUT2D eigenvalue weighted by Crippen LogP contribution is 2.42. The lowest BCUT2D eigenvalue weighted by Gasteiger charge is -2.44. The first-order valence-electron chi connectivity index (χ1n) is 11.2. The van der Waals surface area contributed by atoms with Gasteiger partial charge < -0.3 is 14.8 Å². The van der Waals surface area contributed by atoms with Crippen molar-refractivity contribution in [3.05, 3.63) is 11.6 Å². The maximum absolute atomic E-state index is 5.00. The predicted molar refractivity (Wildman–Crippen MR) is 109 cm³/mol. The monoisotopic (exact) mass is 372 g/mol. The van der Waals surface area contributed by atoms with E-state index < -0.39 is 0 Å². The van der Waals surface area contributed by atoms with E-state index in [4.69, 9.17) is 4.99 Å². The van der Waals surface area contributed by atoms with Crippen molar-refractivity contribution in [1.82, 2.24) is 25.0 Å². The minimum absolute atomic E-state index is 0.527. The topological polar surface area (TPSA) is 58.3 Å². The van der Waals surface area contributed by atoms with Crippen LogP contribution in [0.15, 0.2) is 4.99 Å². The van der Waals surface area contributed by atoms with Gasteiger partial charge in [-0.3, -0.25) is 0 Å². The Balaban J connectivity index is 1.48. The summed E-state index contributed by atoms with van der Waals surface area (Å²) in [4.78, 5) is 7.53. The number of aromatic nitrogens is 3. The first-order chi connectivity index (χ1) is 13.3. The molecule has 1 aliphatic carbocycles. The Hall–Kier alpha value is -1.59. The minimum Gasteiger partial charge on any atom is -0.357 e. The molecule has 1 spiro atoms. The predicted octanol–water partition coefficient (Wildman–Crippen LogP) is 3.52. The fourth-order valence-electron chi connectivity index (χ4n) is 5.33. The van der Waals surface area contributed by atoms with Crippen molar-refractivity contribution in [3.8, 4) is 0 Å². The third kappa shape index (κ3) is 4.30. The Labute approximate surface area is 163 Å². The van der Waals surface area contributed by atoms with Crippen LogP contribution in [0.5, 0.6) is 0 Å². The van der Waals surface area contributed by atoms with Crippen molar-refractivity contribution in [2.45, 2.75) is 90.6 Å². The molecule has 27 heavy (non-hydrogen) atoms. The second kappa shape index (κ2) is 8.61. The summed E-state index contributed by atoms with van der Waals surface area (Å²) in [5.41, 5.74) is 0.527. The molecule has 0 atom stereocenters. The summed E-state index contributed by atoms with van der Waals surface area (Å²) in [5, 5.41) is 12.4. The maximum Gasteiger partial charge on any atom is 0.194 e. The first kappa shape index (κ1) is 18.8. The smallest absolute Gasteiger partial charge is 0.194 e. The molecule has 0 unspecified atom stereocenters. The van der Waals surface area contributed by atoms with Gasteiger partial charge in [-0.1, -0.05) is 25.7 Å². The quantitative estimate of drug-likeness (QED) is 0.651. The molecule has 0 amide bonds. The van der Waals surface area contributed by atoms with E-state index in [1.165, 1.54) is 70.8 Å². The molecule has 0 radical (unpaired) electrons. The number of fused-ring (bicyclic) bond motifs is 1. The fraction of sp³-hybridized carbons (Fsp3) is 0.857. The Morgan fingerprint density at radius 1 is 1.00 bits per heavy atom. The van der Waals surface area contributed by atoms with Crippen LogP contribution >= 0.6 is 0 Å². The maximum atomic E-state index is 5.00. The molecule has 1 aromatic heterocycles. The van der Waals surface area contributed by atoms with Gasteiger partial charge in [0.25, 0.3) is 0 Å². The zero-order chi connectivity index (χ0) is 18.5. The molecule has 2 aliphatic heterocycles. The largest absolute Gasteiger partial charge is 0.357 e. The molecule has 0 bridgehead atoms. The summed E-state index contributed by atoms with van der Waals surface area (Å²) in [5.74, 6) is 3.25. The standard InChI is InChI=1S/C21H36N6/c1-2-22-20(23-16-19-25-24-18-10-5-8-15-27(18)19)26-14-9-13-21(17-26)11-6-3-4-7-12-21/h2-17H2,1H3,(H,22,23). The van der Waals surface area contributed by atoms with E-state index in [1.54, 1.807) is 0 Å². The third-order valence-corrected chi connectivity index (χ3v) is 6.77. The number of hydrogen-bond acceptors (Lipinski definition) is 3. The number of piperidine rings is 1. The van der Waals surface area contributed by atoms with E-state index >= 15 is 0 Å². The molecule has 1 saturated heterocycles. The molecule has 0 aromatic carbocycles. The number of rotatable bonds is 3. The normalized spacial score (nSPS) is 23.1. The van der Waals surface area contributed by atoms with Crippen LogP contribution in [0, 0.1) is 5.41 Å². The van der Waals surface area contributed by atoms with Crippen LogP contribution in [0.4, 0.5) is 0 Å². The Kier molecular flexibility index (Phi) is 5.98. The van der Waals surface area contributed by atoms with Crippen molar-refractivity contribution < 1.29 is 0 Å². The molecule has 1 aromatic rings. The number of guanidine groups is 1. The molecule has 1 N–H and O–H groups in total. The summed E-state index contributed by atoms with van der Waals surface area (Å²) >= 11 is 0. The zero-order valence-electron chi connectivity index (χ0n) is 17.0. The molecule has 1 saturated carbocycles. The molecule has 3 aliphatic rings. The van der Waals surface area contributed by atoms with Crippen molar-refractivity contribution in [2.24, 2.45) is 10.4 Å². The van der Waals surface area contributed by atoms with Gasteiger partial charge in [-0.05, 0) is 50.9 Å². The number of hydrogen-bond donors (Lipinski definition) is 1. The SMILES string of the molecule is CCNC(=NCc1nnc2n1CCCC2)N1CCCC2(CCCCCC2)C1. The van der Waals surface area contributed by atoms with Gasteiger partial charge in [-0.25, -0.2) is 4.99 Å². The van der Waals surface area contributed by atoms with Crippen LogP contribution in [0.2, 0.25) is 0 Å². The van der Waals surface area contributed by atoms with E-state index in [-0.39, 0.29) is 0 Å². The average molecular weight is 373 g/mol. The highest BCUT2D eigenvalue weighted by atomic mass is 15.3. The van der Waals surface area contributed by atoms with Gasteiger partial charge >= 0.3 is 0 Å². The van der Waals surface area contributed by atoms with E-state index in [0.29, 0.717) is 12.0 Å². The first-order valence-corrected chi connectivity index (χ1v) is 11.2. The second-order valence-corrected chi connectivity index (χ2v) is 8.75. The van der Waals surface area contributed by atoms with E-state index in [0.717, 1.165) is 43.7 Å². The molecular formula is C21H36N6. The van der Waals surface area contributed by atoms with Crippen LogP contribution in [-0.4, -0.2) is 45.3 Å². The molecule has 6 heteroatoms. The van der Waals surface area contributed by atoms with Gasteiger partial charge in [0.1, 0.15) is 12.4 Å². The molecule has 3 heterocycles. The van der Waals surface area contributed by atoms with E-state index in [1.807, 2.05) is 0 Å². The van der Waals surface area contributed by atoms with Crippen molar-refractivity contribution in [2.75, 3.05) is 19.6 Å². The van der Waals surface area contributed by atoms with E-state index in [9.17, 15) is 0 Å². The lowest BCUT2D eigenvalue weighted by atomic mass is 9.74. The van der Waals surface area contributed by atoms with Gasteiger partial charge in [-0.2, -0.15) is 0 Å². The van der Waals surface area contributed by atoms with Crippen molar-refractivity contribution in [1.29, 1.82) is 0 Å². The van der Waals surface area contributed by atoms with Gasteiger partial charge in [0.2, 0.25) is 0 Å². The lowest BCUT2D eigenvalue weighted by molar-refractivity contribution is 0.115. The molecule has 2 fully saturated rings. The van der Waals surface area contributed by atoms with Gasteiger partial charge in [0.15, 0.2) is 11.8 Å². The summed E-state index contributed by atoms with van der Waals surface area (Å²) in [6.07, 6.45) is 14.7. The number of aliphatic imine (C=N–C) groups is 1. The Morgan fingerprint density at radius 2 is 1.81 bits per heavy atom. The van der Waals surface area contributed by atoms with Crippen LogP contribution in [-0.2, 0) is 19.5 Å². The number of nitrogens with zero attached hydrogens (tertiary/aromatic N) is 5. The summed E-state index contributed by atoms with van der Waals surface area (Å²) in [6.45, 7) is 7.08. The highest BCUT2D eigenvalue weighted by molar-refractivity contribution is 5.80. The molecule has 4 rings (SSSR count). The van der Waals surface area contributed by atoms with Gasteiger partial charge in [-0.15, -0.1) is 10.2 Å². The van der Waals surface area contributed by atoms with Crippen LogP contribution < -0.4 is 5.32 Å². The van der Waals surface area contributed by atoms with Crippen molar-refractivity contribution >= 4 is 5.96 Å². The fourth-order valence-corrected chi connectivity index (χ4v) is 5.33. The molecule has 150 valence electrons. The van der Waals surface area contributed by atoms with Crippen LogP contribution in [0.1, 0.15) is 82.8 Å². The van der Waals surface area contributed by atoms with Crippen molar-refractivity contribution in [3.63, 3.8) is 0 Å². The van der Waals surface area contributed by atoms with Gasteiger partial charge in [0, 0.05) is 32.6 Å². The minimum atomic E-state index is 0.527. The molecular weight excluding hydrogens is 336 g/mol. The second-order valence-electron chi connectivity index (χ2n) is 8.75. The van der Waals surface area contributed by atoms with Gasteiger partial charge in [0.05, 0.1) is 0 Å². The number of likely N-dealkylation sites (tertiary alicyclic amines) is 1. The molecule has 6 nitrogen and oxygen atoms in total. The van der Waals surface area contributed by atoms with E-state index in [2.05, 4.69) is 31.9 Å². The average Bonchev–Trinajstić information content (AvgIpc) is 2.98. The third-order valence-electron chi connectivity index (χ3n) is 6.77. The summed E-state index contributed by atoms with van der Waals surface area (Å²) < 4.78 is 2.29. The summed E-state index contributed by atoms with van der Waals surface area (Å²) in [6, 6.07) is 0. The lowest BCUT2D eigenvalue weighted by Crippen LogP contribution is -2.50. The van der Waals surface area contributed by atoms with Crippen LogP contribution in [0.25, 0.3) is 0 Å². The zero-order valence-corrected chi connectivity index (χ0v) is 17.0. The highest BCUT2D eigenvalue weighted by Gasteiger charge is 2.36. The van der Waals surface area contributed by atoms with Crippen LogP contribution in [0.3, 0.4) is 0 Å². The summed E-state index contributed by atoms with van der Waals surface area (Å²) in [7, 11) is 0. The number of aryl methyl sites for hydroxylation is 1. The number of nitrogens with one attached hydrogen (secondary N) is 1. The Morgan fingerprint density at radius 3 is 2.63 bits per heavy atom. The Bertz CT molecular complexity index is 641.